The van der Waals surface area contributed by atoms with E-state index in [0.717, 1.165) is 48.8 Å². The molecule has 1 saturated carbocycles. The van der Waals surface area contributed by atoms with Gasteiger partial charge in [-0.2, -0.15) is 0 Å². The first-order valence-electron chi connectivity index (χ1n) is 8.74. The zero-order valence-electron chi connectivity index (χ0n) is 14.1. The molecule has 0 spiro atoms. The second kappa shape index (κ2) is 6.24. The Hall–Kier alpha value is -1.25. The van der Waals surface area contributed by atoms with Gasteiger partial charge in [0.2, 0.25) is 16.0 Å². The monoisotopic (exact) mass is 352 g/mol. The smallest absolute Gasteiger partial charge is 0.225 e. The van der Waals surface area contributed by atoms with E-state index >= 15 is 0 Å². The summed E-state index contributed by atoms with van der Waals surface area (Å²) in [7, 11) is -3.12. The molecule has 0 N–H and O–H groups in total. The second-order valence-corrected chi connectivity index (χ2v) is 8.99. The van der Waals surface area contributed by atoms with Crippen molar-refractivity contribution in [3.8, 4) is 0 Å². The maximum atomic E-state index is 12.5. The van der Waals surface area contributed by atoms with E-state index in [2.05, 4.69) is 9.88 Å². The van der Waals surface area contributed by atoms with E-state index in [4.69, 9.17) is 9.72 Å². The normalized spacial score (nSPS) is 23.0. The van der Waals surface area contributed by atoms with E-state index < -0.39 is 10.0 Å². The number of hydrogen-bond acceptors (Lipinski definition) is 6. The Labute approximate surface area is 143 Å². The molecule has 0 unspecified atom stereocenters. The Balaban J connectivity index is 1.57. The lowest BCUT2D eigenvalue weighted by Crippen LogP contribution is -2.37. The molecule has 24 heavy (non-hydrogen) atoms. The van der Waals surface area contributed by atoms with Gasteiger partial charge in [-0.1, -0.05) is 0 Å². The molecule has 0 atom stereocenters. The van der Waals surface area contributed by atoms with Gasteiger partial charge >= 0.3 is 0 Å². The maximum Gasteiger partial charge on any atom is 0.225 e. The van der Waals surface area contributed by atoms with E-state index in [0.29, 0.717) is 39.1 Å². The maximum absolute atomic E-state index is 12.5. The van der Waals surface area contributed by atoms with E-state index in [9.17, 15) is 8.42 Å². The summed E-state index contributed by atoms with van der Waals surface area (Å²) < 4.78 is 32.1. The molecule has 2 fully saturated rings. The van der Waals surface area contributed by atoms with E-state index in [1.54, 1.807) is 4.31 Å². The Morgan fingerprint density at radius 2 is 1.75 bits per heavy atom. The van der Waals surface area contributed by atoms with Crippen LogP contribution in [0.4, 0.5) is 5.95 Å². The van der Waals surface area contributed by atoms with Crippen molar-refractivity contribution in [1.82, 2.24) is 14.3 Å². The van der Waals surface area contributed by atoms with Gasteiger partial charge in [-0.25, -0.2) is 22.7 Å². The predicted molar refractivity (Wildman–Crippen MR) is 90.7 cm³/mol. The highest BCUT2D eigenvalue weighted by Gasteiger charge is 2.40. The third-order valence-electron chi connectivity index (χ3n) is 5.10. The van der Waals surface area contributed by atoms with Crippen LogP contribution in [0.1, 0.15) is 29.8 Å². The molecule has 7 nitrogen and oxygen atoms in total. The molecule has 4 rings (SSSR count). The number of nitrogens with zero attached hydrogens (tertiary/aromatic N) is 4. The fourth-order valence-corrected chi connectivity index (χ4v) is 5.33. The quantitative estimate of drug-likeness (QED) is 0.789. The lowest BCUT2D eigenvalue weighted by molar-refractivity contribution is 0.122. The predicted octanol–water partition coefficient (Wildman–Crippen LogP) is 0.514. The second-order valence-electron chi connectivity index (χ2n) is 6.78. The van der Waals surface area contributed by atoms with E-state index in [1.807, 2.05) is 6.92 Å². The van der Waals surface area contributed by atoms with Crippen molar-refractivity contribution in [1.29, 1.82) is 0 Å². The minimum absolute atomic E-state index is 0.144. The molecular weight excluding hydrogens is 328 g/mol. The van der Waals surface area contributed by atoms with Crippen molar-refractivity contribution >= 4 is 16.0 Å². The van der Waals surface area contributed by atoms with Gasteiger partial charge in [-0.05, 0) is 31.7 Å². The highest BCUT2D eigenvalue weighted by atomic mass is 32.2. The molecule has 0 bridgehead atoms. The summed E-state index contributed by atoms with van der Waals surface area (Å²) in [6.45, 7) is 6.11. The summed E-state index contributed by atoms with van der Waals surface area (Å²) >= 11 is 0. The van der Waals surface area contributed by atoms with Crippen molar-refractivity contribution in [2.45, 2.75) is 37.9 Å². The van der Waals surface area contributed by atoms with Crippen LogP contribution in [0.5, 0.6) is 0 Å². The summed E-state index contributed by atoms with van der Waals surface area (Å²) in [6.07, 6.45) is 3.00. The van der Waals surface area contributed by atoms with Crippen molar-refractivity contribution in [2.75, 3.05) is 44.3 Å². The van der Waals surface area contributed by atoms with E-state index in [-0.39, 0.29) is 5.25 Å². The topological polar surface area (TPSA) is 75.6 Å². The summed E-state index contributed by atoms with van der Waals surface area (Å²) in [5.41, 5.74) is 3.12. The van der Waals surface area contributed by atoms with Gasteiger partial charge in [0.05, 0.1) is 24.2 Å². The van der Waals surface area contributed by atoms with Gasteiger partial charge in [0.15, 0.2) is 0 Å². The van der Waals surface area contributed by atoms with Crippen LogP contribution in [0.15, 0.2) is 0 Å². The Bertz CT molecular complexity index is 727. The number of anilines is 1. The molecule has 2 aliphatic heterocycles. The molecule has 8 heteroatoms. The number of morpholine rings is 1. The fourth-order valence-electron chi connectivity index (χ4n) is 3.49. The van der Waals surface area contributed by atoms with Crippen molar-refractivity contribution in [3.63, 3.8) is 0 Å². The van der Waals surface area contributed by atoms with Gasteiger partial charge < -0.3 is 9.64 Å². The number of sulfonamides is 1. The third-order valence-corrected chi connectivity index (χ3v) is 7.50. The lowest BCUT2D eigenvalue weighted by Gasteiger charge is -2.27. The van der Waals surface area contributed by atoms with Crippen LogP contribution in [-0.2, 0) is 27.6 Å². The molecule has 0 radical (unpaired) electrons. The molecule has 0 amide bonds. The number of fused-ring (bicyclic) bond motifs is 1. The molecule has 1 aliphatic carbocycles. The van der Waals surface area contributed by atoms with Crippen molar-refractivity contribution in [2.24, 2.45) is 0 Å². The first-order chi connectivity index (χ1) is 11.6. The van der Waals surface area contributed by atoms with Gasteiger partial charge in [0.1, 0.15) is 0 Å². The largest absolute Gasteiger partial charge is 0.378 e. The molecule has 1 aromatic rings. The molecule has 3 heterocycles. The Kier molecular flexibility index (Phi) is 4.22. The van der Waals surface area contributed by atoms with Crippen molar-refractivity contribution in [3.05, 3.63) is 17.0 Å². The van der Waals surface area contributed by atoms with Gasteiger partial charge in [-0.3, -0.25) is 0 Å². The molecule has 0 aromatic carbocycles. The number of rotatable bonds is 3. The van der Waals surface area contributed by atoms with Crippen LogP contribution in [-0.4, -0.2) is 67.3 Å². The molecule has 132 valence electrons. The number of aromatic nitrogens is 2. The van der Waals surface area contributed by atoms with Crippen LogP contribution in [0.3, 0.4) is 0 Å². The van der Waals surface area contributed by atoms with Crippen LogP contribution in [0, 0.1) is 6.92 Å². The highest BCUT2D eigenvalue weighted by molar-refractivity contribution is 7.90. The average molecular weight is 352 g/mol. The first kappa shape index (κ1) is 16.2. The zero-order valence-corrected chi connectivity index (χ0v) is 14.9. The number of ether oxygens (including phenoxy) is 1. The van der Waals surface area contributed by atoms with Gasteiger partial charge in [0.25, 0.3) is 0 Å². The van der Waals surface area contributed by atoms with Crippen molar-refractivity contribution < 1.29 is 13.2 Å². The molecular formula is C16H24N4O3S. The highest BCUT2D eigenvalue weighted by Crippen LogP contribution is 2.32. The molecule has 3 aliphatic rings. The van der Waals surface area contributed by atoms with Crippen LogP contribution >= 0.6 is 0 Å². The molecule has 1 saturated heterocycles. The minimum Gasteiger partial charge on any atom is -0.378 e. The fraction of sp³-hybridized carbons (Fsp3) is 0.750. The Morgan fingerprint density at radius 3 is 2.46 bits per heavy atom. The minimum atomic E-state index is -3.12. The zero-order chi connectivity index (χ0) is 16.7. The van der Waals surface area contributed by atoms with Crippen LogP contribution < -0.4 is 4.90 Å². The lowest BCUT2D eigenvalue weighted by atomic mass is 10.1. The summed E-state index contributed by atoms with van der Waals surface area (Å²) in [4.78, 5) is 11.6. The van der Waals surface area contributed by atoms with Gasteiger partial charge in [-0.15, -0.1) is 0 Å². The number of aryl methyl sites for hydroxylation is 1. The average Bonchev–Trinajstić information content (AvgIpc) is 3.42. The number of hydrogen-bond donors (Lipinski definition) is 0. The SMILES string of the molecule is Cc1nc(N2CCOCC2)nc2c1CCN(S(=O)(=O)C1CC1)CC2. The Morgan fingerprint density at radius 1 is 1.04 bits per heavy atom. The standard InChI is InChI=1S/C16H24N4O3S/c1-12-14-4-6-20(24(21,22)13-2-3-13)7-5-15(14)18-16(17-12)19-8-10-23-11-9-19/h13H,2-11H2,1H3. The summed E-state index contributed by atoms with van der Waals surface area (Å²) in [5.74, 6) is 0.757. The van der Waals surface area contributed by atoms with Crippen LogP contribution in [0.2, 0.25) is 0 Å². The van der Waals surface area contributed by atoms with E-state index in [1.165, 1.54) is 0 Å². The summed E-state index contributed by atoms with van der Waals surface area (Å²) in [5, 5.41) is -0.144. The van der Waals surface area contributed by atoms with Crippen LogP contribution in [0.25, 0.3) is 0 Å². The van der Waals surface area contributed by atoms with Gasteiger partial charge in [0, 0.05) is 38.3 Å². The third kappa shape index (κ3) is 3.02. The first-order valence-corrected chi connectivity index (χ1v) is 10.2. The molecule has 1 aromatic heterocycles. The summed E-state index contributed by atoms with van der Waals surface area (Å²) in [6, 6.07) is 0.